The first-order valence-electron chi connectivity index (χ1n) is 17.4. The number of benzene rings is 3. The summed E-state index contributed by atoms with van der Waals surface area (Å²) in [6, 6.07) is 20.4. The van der Waals surface area contributed by atoms with Gasteiger partial charge in [-0.2, -0.15) is 0 Å². The number of aliphatic hydroxyl groups is 1. The fourth-order valence-corrected chi connectivity index (χ4v) is 8.93. The van der Waals surface area contributed by atoms with Crippen LogP contribution in [0.25, 0.3) is 11.1 Å². The predicted molar refractivity (Wildman–Crippen MR) is 177 cm³/mol. The Morgan fingerprint density at radius 2 is 1.74 bits per heavy atom. The summed E-state index contributed by atoms with van der Waals surface area (Å²) in [5.41, 5.74) is 4.02. The first-order chi connectivity index (χ1) is 22.2. The highest BCUT2D eigenvalue weighted by atomic mass is 16.6. The molecule has 5 unspecified atom stereocenters. The van der Waals surface area contributed by atoms with Crippen LogP contribution in [0.5, 0.6) is 11.5 Å². The number of hydrogen-bond acceptors (Lipinski definition) is 6. The maximum Gasteiger partial charge on any atom is 0.255 e. The highest BCUT2D eigenvalue weighted by molar-refractivity contribution is 5.97. The Labute approximate surface area is 271 Å². The van der Waals surface area contributed by atoms with E-state index in [2.05, 4.69) is 46.6 Å². The van der Waals surface area contributed by atoms with E-state index in [0.717, 1.165) is 65.4 Å². The van der Waals surface area contributed by atoms with E-state index in [1.54, 1.807) is 6.07 Å². The first kappa shape index (κ1) is 30.0. The minimum atomic E-state index is -0.938. The largest absolute Gasteiger partial charge is 0.507 e. The molecular formula is C39H46N2O5. The molecule has 1 amide bonds. The minimum absolute atomic E-state index is 0.0376. The molecule has 8 rings (SSSR count). The zero-order valence-electron chi connectivity index (χ0n) is 27.0. The van der Waals surface area contributed by atoms with Crippen LogP contribution in [0.15, 0.2) is 60.7 Å². The average Bonchev–Trinajstić information content (AvgIpc) is 3.96. The van der Waals surface area contributed by atoms with Crippen LogP contribution in [-0.2, 0) is 23.0 Å². The second-order valence-corrected chi connectivity index (χ2v) is 14.8. The van der Waals surface area contributed by atoms with Crippen molar-refractivity contribution in [2.45, 2.75) is 101 Å². The van der Waals surface area contributed by atoms with Gasteiger partial charge in [0.1, 0.15) is 11.5 Å². The number of phenolic OH excluding ortho intramolecular Hbond substituents is 1. The van der Waals surface area contributed by atoms with E-state index in [-0.39, 0.29) is 36.0 Å². The van der Waals surface area contributed by atoms with Crippen molar-refractivity contribution in [1.82, 2.24) is 10.2 Å². The number of hydrogen-bond donors (Lipinski definition) is 3. The molecule has 0 spiro atoms. The number of rotatable bonds is 9. The molecule has 7 nitrogen and oxygen atoms in total. The molecule has 5 aliphatic rings. The lowest BCUT2D eigenvalue weighted by molar-refractivity contribution is -0.156. The predicted octanol–water partition coefficient (Wildman–Crippen LogP) is 5.78. The van der Waals surface area contributed by atoms with Gasteiger partial charge in [-0.15, -0.1) is 0 Å². The third kappa shape index (κ3) is 5.21. The number of aromatic hydroxyl groups is 1. The lowest BCUT2D eigenvalue weighted by Crippen LogP contribution is -2.71. The van der Waals surface area contributed by atoms with E-state index < -0.39 is 11.0 Å². The monoisotopic (exact) mass is 622 g/mol. The topological polar surface area (TPSA) is 94.6 Å². The molecule has 2 saturated heterocycles. The van der Waals surface area contributed by atoms with Gasteiger partial charge in [-0.3, -0.25) is 9.69 Å². The highest BCUT2D eigenvalue weighted by Gasteiger charge is 2.67. The van der Waals surface area contributed by atoms with Crippen LogP contribution in [0, 0.1) is 5.92 Å². The van der Waals surface area contributed by atoms with E-state index in [0.29, 0.717) is 37.8 Å². The maximum absolute atomic E-state index is 13.5. The lowest BCUT2D eigenvalue weighted by Gasteiger charge is -2.62. The number of carbonyl (C=O) groups is 1. The zero-order valence-corrected chi connectivity index (χ0v) is 27.0. The van der Waals surface area contributed by atoms with Crippen LogP contribution in [0.1, 0.15) is 79.4 Å². The number of nitrogens with one attached hydrogen (secondary N) is 1. The van der Waals surface area contributed by atoms with Gasteiger partial charge in [-0.1, -0.05) is 42.5 Å². The summed E-state index contributed by atoms with van der Waals surface area (Å²) in [6.45, 7) is 6.46. The van der Waals surface area contributed by atoms with Gasteiger partial charge < -0.3 is 25.0 Å². The first-order valence-corrected chi connectivity index (χ1v) is 17.4. The molecular weight excluding hydrogens is 576 g/mol. The number of piperidine rings is 1. The molecule has 3 N–H and O–H groups in total. The third-order valence-corrected chi connectivity index (χ3v) is 11.5. The lowest BCUT2D eigenvalue weighted by atomic mass is 9.52. The number of nitrogens with zero attached hydrogens (tertiary/aromatic N) is 1. The zero-order chi connectivity index (χ0) is 31.6. The summed E-state index contributed by atoms with van der Waals surface area (Å²) >= 11 is 0. The van der Waals surface area contributed by atoms with Gasteiger partial charge in [0.25, 0.3) is 5.91 Å². The summed E-state index contributed by atoms with van der Waals surface area (Å²) in [5, 5.41) is 27.6. The van der Waals surface area contributed by atoms with Crippen LogP contribution >= 0.6 is 0 Å². The molecule has 46 heavy (non-hydrogen) atoms. The van der Waals surface area contributed by atoms with E-state index >= 15 is 0 Å². The van der Waals surface area contributed by atoms with Crippen molar-refractivity contribution < 1.29 is 24.5 Å². The van der Waals surface area contributed by atoms with E-state index in [1.807, 2.05) is 32.0 Å². The molecule has 242 valence electrons. The van der Waals surface area contributed by atoms with Gasteiger partial charge in [0.2, 0.25) is 0 Å². The maximum atomic E-state index is 13.5. The van der Waals surface area contributed by atoms with Crippen molar-refractivity contribution in [3.63, 3.8) is 0 Å². The Morgan fingerprint density at radius 3 is 2.46 bits per heavy atom. The molecule has 4 fully saturated rings. The second-order valence-electron chi connectivity index (χ2n) is 14.8. The molecule has 7 heteroatoms. The molecule has 0 radical (unpaired) electrons. The molecule has 3 aromatic rings. The van der Waals surface area contributed by atoms with E-state index in [9.17, 15) is 15.0 Å². The van der Waals surface area contributed by atoms with Crippen molar-refractivity contribution in [3.05, 3.63) is 82.9 Å². The Morgan fingerprint density at radius 1 is 1.00 bits per heavy atom. The Bertz CT molecular complexity index is 1620. The van der Waals surface area contributed by atoms with Gasteiger partial charge in [0, 0.05) is 30.1 Å². The van der Waals surface area contributed by atoms with Gasteiger partial charge in [-0.05, 0) is 118 Å². The van der Waals surface area contributed by atoms with E-state index in [4.69, 9.17) is 9.47 Å². The van der Waals surface area contributed by atoms with Crippen LogP contribution in [0.4, 0.5) is 0 Å². The van der Waals surface area contributed by atoms with Gasteiger partial charge in [-0.25, -0.2) is 0 Å². The number of epoxide rings is 1. The minimum Gasteiger partial charge on any atom is -0.507 e. The van der Waals surface area contributed by atoms with E-state index in [1.165, 1.54) is 12.8 Å². The number of ether oxygens (including phenoxy) is 2. The average molecular weight is 623 g/mol. The summed E-state index contributed by atoms with van der Waals surface area (Å²) in [5.74, 6) is 1.39. The summed E-state index contributed by atoms with van der Waals surface area (Å²) < 4.78 is 11.8. The van der Waals surface area contributed by atoms with Crippen molar-refractivity contribution in [3.8, 4) is 22.6 Å². The van der Waals surface area contributed by atoms with Gasteiger partial charge in [0.05, 0.1) is 29.5 Å². The standard InChI is InChI=1S/C39H46N2O5/c1-24(2)45-30-12-9-28(10-13-30)27-7-5-25(6-8-27)16-19-40-37(43)31-14-11-29-21-34-39(44)17-15-32-33(46-32)22-38(39,35(29)36(31)42)18-20-41(34)23-26-3-4-26/h5-14,24,26,32-34,42,44H,3-4,15-23H2,1-2H3,(H,40,43). The van der Waals surface area contributed by atoms with Crippen molar-refractivity contribution >= 4 is 5.91 Å². The SMILES string of the molecule is CC(C)Oc1ccc(-c2ccc(CCNC(=O)c3ccc4c(c3O)C35CCN(CC6CC6)C(C4)C3(O)CCC3OC3C5)cc2)cc1. The Hall–Kier alpha value is -3.39. The molecule has 2 bridgehead atoms. The number of amides is 1. The van der Waals surface area contributed by atoms with Crippen LogP contribution < -0.4 is 10.1 Å². The Balaban J connectivity index is 0.978. The molecule has 2 saturated carbocycles. The molecule has 2 aliphatic heterocycles. The number of likely N-dealkylation sites (tertiary alicyclic amines) is 1. The summed E-state index contributed by atoms with van der Waals surface area (Å²) in [7, 11) is 0. The van der Waals surface area contributed by atoms with Crippen LogP contribution in [0.3, 0.4) is 0 Å². The summed E-state index contributed by atoms with van der Waals surface area (Å²) in [6.07, 6.45) is 7.44. The van der Waals surface area contributed by atoms with Crippen molar-refractivity contribution in [1.29, 1.82) is 0 Å². The van der Waals surface area contributed by atoms with Gasteiger partial charge in [0.15, 0.2) is 0 Å². The summed E-state index contributed by atoms with van der Waals surface area (Å²) in [4.78, 5) is 16.1. The number of phenols is 1. The van der Waals surface area contributed by atoms with Crippen LogP contribution in [0.2, 0.25) is 0 Å². The molecule has 0 aromatic heterocycles. The smallest absolute Gasteiger partial charge is 0.255 e. The second kappa shape index (κ2) is 11.4. The quantitative estimate of drug-likeness (QED) is 0.262. The fraction of sp³-hybridized carbons (Fsp3) is 0.513. The third-order valence-electron chi connectivity index (χ3n) is 11.5. The number of carbonyl (C=O) groups excluding carboxylic acids is 1. The molecule has 3 aromatic carbocycles. The van der Waals surface area contributed by atoms with Crippen molar-refractivity contribution in [2.75, 3.05) is 19.6 Å². The Kier molecular flexibility index (Phi) is 7.42. The van der Waals surface area contributed by atoms with Crippen molar-refractivity contribution in [2.24, 2.45) is 5.92 Å². The number of fused-ring (bicyclic) bond motifs is 2. The molecule has 2 heterocycles. The van der Waals surface area contributed by atoms with Gasteiger partial charge >= 0.3 is 0 Å². The molecule has 3 aliphatic carbocycles. The van der Waals surface area contributed by atoms with Crippen LogP contribution in [-0.4, -0.2) is 70.6 Å². The molecule has 5 atom stereocenters. The fourth-order valence-electron chi connectivity index (χ4n) is 8.93. The highest BCUT2D eigenvalue weighted by Crippen LogP contribution is 2.62. The normalized spacial score (nSPS) is 29.7.